The fraction of sp³-hybridized carbons (Fsp3) is 0.348. The molecule has 0 heterocycles. The fourth-order valence-electron chi connectivity index (χ4n) is 3.57. The second kappa shape index (κ2) is 10.4. The van der Waals surface area contributed by atoms with E-state index < -0.39 is 16.0 Å². The van der Waals surface area contributed by atoms with E-state index >= 15 is 0 Å². The van der Waals surface area contributed by atoms with E-state index in [1.165, 1.54) is 36.6 Å². The molecule has 0 unspecified atom stereocenters. The van der Waals surface area contributed by atoms with Crippen LogP contribution >= 0.6 is 0 Å². The Balaban J connectivity index is 1.64. The van der Waals surface area contributed by atoms with Crippen molar-refractivity contribution in [1.82, 2.24) is 4.72 Å². The lowest BCUT2D eigenvalue weighted by molar-refractivity contribution is 0.0697. The van der Waals surface area contributed by atoms with Crippen molar-refractivity contribution >= 4 is 21.7 Å². The Bertz CT molecular complexity index is 1000. The standard InChI is InChI=1S/C23H28N2O4S/c26-23(27)21-17-20(30(28,29)25-16-14-19-9-5-2-6-10-19)11-12-22(21)24-15-13-18-7-3-1-4-8-18/h2,5-7,9-12,17,24-25H,1,3-4,8,13-16H2,(H,26,27). The van der Waals surface area contributed by atoms with E-state index in [-0.39, 0.29) is 17.0 Å². The van der Waals surface area contributed by atoms with Crippen molar-refractivity contribution in [3.63, 3.8) is 0 Å². The molecule has 30 heavy (non-hydrogen) atoms. The quantitative estimate of drug-likeness (QED) is 0.493. The molecule has 0 aliphatic heterocycles. The molecule has 0 aromatic heterocycles. The highest BCUT2D eigenvalue weighted by molar-refractivity contribution is 7.89. The molecule has 3 rings (SSSR count). The maximum atomic E-state index is 12.6. The smallest absolute Gasteiger partial charge is 0.337 e. The van der Waals surface area contributed by atoms with Gasteiger partial charge >= 0.3 is 5.97 Å². The van der Waals surface area contributed by atoms with Gasteiger partial charge in [-0.15, -0.1) is 0 Å². The molecule has 0 spiro atoms. The Morgan fingerprint density at radius 3 is 2.50 bits per heavy atom. The first-order valence-electron chi connectivity index (χ1n) is 10.3. The first-order chi connectivity index (χ1) is 14.5. The molecule has 7 heteroatoms. The molecule has 0 radical (unpaired) electrons. The highest BCUT2D eigenvalue weighted by Gasteiger charge is 2.19. The first kappa shape index (κ1) is 22.1. The van der Waals surface area contributed by atoms with Gasteiger partial charge in [0, 0.05) is 18.8 Å². The minimum atomic E-state index is -3.79. The van der Waals surface area contributed by atoms with Gasteiger partial charge in [-0.2, -0.15) is 0 Å². The van der Waals surface area contributed by atoms with Crippen LogP contribution in [0.3, 0.4) is 0 Å². The van der Waals surface area contributed by atoms with Gasteiger partial charge in [0.2, 0.25) is 10.0 Å². The maximum absolute atomic E-state index is 12.6. The van der Waals surface area contributed by atoms with Crippen LogP contribution in [0.1, 0.15) is 48.0 Å². The summed E-state index contributed by atoms with van der Waals surface area (Å²) in [7, 11) is -3.79. The van der Waals surface area contributed by atoms with E-state index in [0.29, 0.717) is 18.7 Å². The van der Waals surface area contributed by atoms with Crippen molar-refractivity contribution in [3.8, 4) is 0 Å². The van der Waals surface area contributed by atoms with Crippen LogP contribution in [-0.2, 0) is 16.4 Å². The van der Waals surface area contributed by atoms with E-state index in [1.807, 2.05) is 30.3 Å². The molecule has 0 saturated carbocycles. The number of benzene rings is 2. The number of aromatic carboxylic acids is 1. The van der Waals surface area contributed by atoms with Crippen molar-refractivity contribution in [2.45, 2.75) is 43.4 Å². The predicted molar refractivity (Wildman–Crippen MR) is 118 cm³/mol. The van der Waals surface area contributed by atoms with Crippen LogP contribution in [0.5, 0.6) is 0 Å². The minimum Gasteiger partial charge on any atom is -0.478 e. The van der Waals surface area contributed by atoms with E-state index in [9.17, 15) is 18.3 Å². The number of allylic oxidation sites excluding steroid dienone is 1. The van der Waals surface area contributed by atoms with E-state index in [0.717, 1.165) is 24.8 Å². The Morgan fingerprint density at radius 1 is 1.00 bits per heavy atom. The van der Waals surface area contributed by atoms with Gasteiger partial charge in [0.15, 0.2) is 0 Å². The number of sulfonamides is 1. The lowest BCUT2D eigenvalue weighted by Crippen LogP contribution is -2.26. The van der Waals surface area contributed by atoms with Gasteiger partial charge < -0.3 is 10.4 Å². The summed E-state index contributed by atoms with van der Waals surface area (Å²) in [6.07, 6.45) is 8.33. The zero-order valence-corrected chi connectivity index (χ0v) is 17.7. The second-order valence-corrected chi connectivity index (χ2v) is 9.20. The van der Waals surface area contributed by atoms with Crippen LogP contribution in [0.2, 0.25) is 0 Å². The molecule has 0 fully saturated rings. The lowest BCUT2D eigenvalue weighted by atomic mass is 9.97. The van der Waals surface area contributed by atoms with Crippen molar-refractivity contribution < 1.29 is 18.3 Å². The second-order valence-electron chi connectivity index (χ2n) is 7.43. The highest BCUT2D eigenvalue weighted by atomic mass is 32.2. The molecule has 0 saturated heterocycles. The van der Waals surface area contributed by atoms with E-state index in [1.54, 1.807) is 0 Å². The molecule has 0 amide bonds. The number of rotatable bonds is 10. The number of anilines is 1. The number of carbonyl (C=O) groups is 1. The molecular weight excluding hydrogens is 400 g/mol. The molecule has 3 N–H and O–H groups in total. The average Bonchev–Trinajstić information content (AvgIpc) is 2.75. The molecule has 1 aliphatic carbocycles. The van der Waals surface area contributed by atoms with Gasteiger partial charge in [0.25, 0.3) is 0 Å². The van der Waals surface area contributed by atoms with Gasteiger partial charge in [0.05, 0.1) is 10.5 Å². The summed E-state index contributed by atoms with van der Waals surface area (Å²) < 4.78 is 27.7. The molecule has 0 bridgehead atoms. The van der Waals surface area contributed by atoms with Gasteiger partial charge in [-0.3, -0.25) is 0 Å². The van der Waals surface area contributed by atoms with Gasteiger partial charge in [-0.25, -0.2) is 17.9 Å². The van der Waals surface area contributed by atoms with Gasteiger partial charge in [-0.1, -0.05) is 42.0 Å². The molecule has 160 valence electrons. The van der Waals surface area contributed by atoms with Gasteiger partial charge in [0.1, 0.15) is 0 Å². The maximum Gasteiger partial charge on any atom is 0.337 e. The normalized spacial score (nSPS) is 14.2. The zero-order chi connectivity index (χ0) is 21.4. The number of carboxylic acids is 1. The summed E-state index contributed by atoms with van der Waals surface area (Å²) in [5.41, 5.74) is 2.81. The largest absolute Gasteiger partial charge is 0.478 e. The molecule has 6 nitrogen and oxygen atoms in total. The Labute approximate surface area is 178 Å². The third-order valence-corrected chi connectivity index (χ3v) is 6.69. The van der Waals surface area contributed by atoms with Crippen LogP contribution in [0.4, 0.5) is 5.69 Å². The third kappa shape index (κ3) is 6.18. The van der Waals surface area contributed by atoms with Gasteiger partial charge in [-0.05, 0) is 62.3 Å². The SMILES string of the molecule is O=C(O)c1cc(S(=O)(=O)NCCc2ccccc2)ccc1NCCC1=CCCCC1. The van der Waals surface area contributed by atoms with Crippen molar-refractivity contribution in [2.75, 3.05) is 18.4 Å². The molecule has 2 aromatic carbocycles. The summed E-state index contributed by atoms with van der Waals surface area (Å²) in [6.45, 7) is 0.859. The number of nitrogens with one attached hydrogen (secondary N) is 2. The number of carboxylic acid groups (broad SMARTS) is 1. The van der Waals surface area contributed by atoms with Crippen LogP contribution in [-0.4, -0.2) is 32.6 Å². The summed E-state index contributed by atoms with van der Waals surface area (Å²) in [5, 5.41) is 12.7. The van der Waals surface area contributed by atoms with Crippen LogP contribution < -0.4 is 10.0 Å². The van der Waals surface area contributed by atoms with Crippen molar-refractivity contribution in [2.24, 2.45) is 0 Å². The third-order valence-electron chi connectivity index (χ3n) is 5.23. The monoisotopic (exact) mass is 428 g/mol. The highest BCUT2D eigenvalue weighted by Crippen LogP contribution is 2.23. The molecule has 2 aromatic rings. The Morgan fingerprint density at radius 2 is 1.80 bits per heavy atom. The van der Waals surface area contributed by atoms with Crippen LogP contribution in [0, 0.1) is 0 Å². The van der Waals surface area contributed by atoms with Crippen LogP contribution in [0.15, 0.2) is 65.1 Å². The van der Waals surface area contributed by atoms with E-state index in [4.69, 9.17) is 0 Å². The van der Waals surface area contributed by atoms with Crippen LogP contribution in [0.25, 0.3) is 0 Å². The Hall–Kier alpha value is -2.64. The van der Waals surface area contributed by atoms with Crippen molar-refractivity contribution in [3.05, 3.63) is 71.3 Å². The van der Waals surface area contributed by atoms with E-state index in [2.05, 4.69) is 16.1 Å². The zero-order valence-electron chi connectivity index (χ0n) is 16.9. The molecule has 0 atom stereocenters. The summed E-state index contributed by atoms with van der Waals surface area (Å²) in [4.78, 5) is 11.7. The lowest BCUT2D eigenvalue weighted by Gasteiger charge is -2.15. The number of hydrogen-bond donors (Lipinski definition) is 3. The minimum absolute atomic E-state index is 0.0430. The average molecular weight is 429 g/mol. The molecule has 1 aliphatic rings. The fourth-order valence-corrected chi connectivity index (χ4v) is 4.63. The predicted octanol–water partition coefficient (Wildman–Crippen LogP) is 4.21. The summed E-state index contributed by atoms with van der Waals surface area (Å²) in [5.74, 6) is -1.16. The Kier molecular flexibility index (Phi) is 7.65. The van der Waals surface area contributed by atoms with Crippen molar-refractivity contribution in [1.29, 1.82) is 0 Å². The summed E-state index contributed by atoms with van der Waals surface area (Å²) >= 11 is 0. The molecular formula is C23H28N2O4S. The first-order valence-corrected chi connectivity index (χ1v) is 11.8. The topological polar surface area (TPSA) is 95.5 Å². The summed E-state index contributed by atoms with van der Waals surface area (Å²) in [6, 6.07) is 13.8. The number of hydrogen-bond acceptors (Lipinski definition) is 4.